The third-order valence-electron chi connectivity index (χ3n) is 3.42. The van der Waals surface area contributed by atoms with Crippen LogP contribution in [0.3, 0.4) is 0 Å². The van der Waals surface area contributed by atoms with Gasteiger partial charge in [-0.1, -0.05) is 12.8 Å². The third-order valence-corrected chi connectivity index (χ3v) is 3.95. The van der Waals surface area contributed by atoms with E-state index in [0.717, 1.165) is 21.2 Å². The van der Waals surface area contributed by atoms with Gasteiger partial charge in [0.25, 0.3) is 0 Å². The molecule has 3 rings (SSSR count). The quantitative estimate of drug-likeness (QED) is 0.927. The van der Waals surface area contributed by atoms with E-state index in [0.29, 0.717) is 6.04 Å². The summed E-state index contributed by atoms with van der Waals surface area (Å²) >= 11 is 3.45. The third kappa shape index (κ3) is 1.87. The molecule has 0 bridgehead atoms. The largest absolute Gasteiger partial charge is 0.392 e. The lowest BCUT2D eigenvalue weighted by Crippen LogP contribution is -2.06. The number of aliphatic hydroxyl groups excluding tert-OH is 1. The highest BCUT2D eigenvalue weighted by Gasteiger charge is 2.21. The van der Waals surface area contributed by atoms with Crippen LogP contribution in [0, 0.1) is 0 Å². The number of aromatic nitrogens is 3. The molecule has 5 heteroatoms. The first-order valence-corrected chi connectivity index (χ1v) is 6.72. The van der Waals surface area contributed by atoms with Gasteiger partial charge in [-0.05, 0) is 40.4 Å². The fourth-order valence-electron chi connectivity index (χ4n) is 2.54. The Kier molecular flexibility index (Phi) is 2.88. The molecule has 1 fully saturated rings. The molecule has 0 radical (unpaired) electrons. The van der Waals surface area contributed by atoms with Crippen LogP contribution in [-0.2, 0) is 6.61 Å². The van der Waals surface area contributed by atoms with Crippen LogP contribution in [-0.4, -0.2) is 19.9 Å². The molecule has 0 atom stereocenters. The van der Waals surface area contributed by atoms with Crippen LogP contribution in [0.15, 0.2) is 16.9 Å². The fraction of sp³-hybridized carbons (Fsp3) is 0.500. The number of pyridine rings is 1. The van der Waals surface area contributed by atoms with Crippen LogP contribution in [0.4, 0.5) is 0 Å². The summed E-state index contributed by atoms with van der Waals surface area (Å²) in [5, 5.41) is 13.7. The summed E-state index contributed by atoms with van der Waals surface area (Å²) in [6.07, 6.45) is 6.63. The topological polar surface area (TPSA) is 50.9 Å². The molecule has 17 heavy (non-hydrogen) atoms. The van der Waals surface area contributed by atoms with E-state index in [1.165, 1.54) is 25.7 Å². The van der Waals surface area contributed by atoms with Gasteiger partial charge in [0.1, 0.15) is 5.52 Å². The Labute approximate surface area is 108 Å². The van der Waals surface area contributed by atoms with Crippen LogP contribution in [0.5, 0.6) is 0 Å². The van der Waals surface area contributed by atoms with Crippen molar-refractivity contribution in [3.63, 3.8) is 0 Å². The van der Waals surface area contributed by atoms with Gasteiger partial charge in [-0.25, -0.2) is 0 Å². The van der Waals surface area contributed by atoms with Crippen molar-refractivity contribution in [1.29, 1.82) is 0 Å². The van der Waals surface area contributed by atoms with Gasteiger partial charge < -0.3 is 5.11 Å². The molecule has 1 saturated carbocycles. The molecule has 2 aromatic rings. The Morgan fingerprint density at radius 1 is 1.41 bits per heavy atom. The van der Waals surface area contributed by atoms with Gasteiger partial charge in [-0.3, -0.25) is 9.67 Å². The monoisotopic (exact) mass is 295 g/mol. The summed E-state index contributed by atoms with van der Waals surface area (Å²) in [7, 11) is 0. The standard InChI is InChI=1S/C12H14BrN3O/c13-12-11-10(5-8(7-17)6-14-11)16(15-12)9-3-1-2-4-9/h5-6,9,17H,1-4,7H2. The number of aliphatic hydroxyl groups is 1. The predicted molar refractivity (Wildman–Crippen MR) is 68.7 cm³/mol. The Balaban J connectivity index is 2.16. The lowest BCUT2D eigenvalue weighted by atomic mass is 10.2. The van der Waals surface area contributed by atoms with E-state index in [4.69, 9.17) is 0 Å². The van der Waals surface area contributed by atoms with Crippen molar-refractivity contribution >= 4 is 27.0 Å². The number of hydrogen-bond acceptors (Lipinski definition) is 3. The van der Waals surface area contributed by atoms with E-state index in [9.17, 15) is 5.11 Å². The lowest BCUT2D eigenvalue weighted by Gasteiger charge is -2.11. The average Bonchev–Trinajstić information content (AvgIpc) is 2.97. The molecule has 0 aromatic carbocycles. The van der Waals surface area contributed by atoms with E-state index >= 15 is 0 Å². The van der Waals surface area contributed by atoms with Crippen LogP contribution in [0.25, 0.3) is 11.0 Å². The number of hydrogen-bond donors (Lipinski definition) is 1. The Hall–Kier alpha value is -0.940. The first-order chi connectivity index (χ1) is 8.29. The second-order valence-electron chi connectivity index (χ2n) is 4.54. The van der Waals surface area contributed by atoms with Crippen molar-refractivity contribution in [2.45, 2.75) is 38.3 Å². The van der Waals surface area contributed by atoms with E-state index in [1.54, 1.807) is 6.20 Å². The van der Waals surface area contributed by atoms with Gasteiger partial charge in [0.05, 0.1) is 18.2 Å². The van der Waals surface area contributed by atoms with E-state index in [1.807, 2.05) is 6.07 Å². The summed E-state index contributed by atoms with van der Waals surface area (Å²) in [6.45, 7) is 0.0242. The molecule has 0 amide bonds. The van der Waals surface area contributed by atoms with Crippen molar-refractivity contribution in [3.05, 3.63) is 22.4 Å². The van der Waals surface area contributed by atoms with Gasteiger partial charge in [0, 0.05) is 6.20 Å². The van der Waals surface area contributed by atoms with Gasteiger partial charge in [-0.2, -0.15) is 5.10 Å². The highest BCUT2D eigenvalue weighted by molar-refractivity contribution is 9.10. The zero-order valence-corrected chi connectivity index (χ0v) is 11.0. The van der Waals surface area contributed by atoms with Gasteiger partial charge in [0.2, 0.25) is 0 Å². The van der Waals surface area contributed by atoms with Crippen LogP contribution in [0.2, 0.25) is 0 Å². The van der Waals surface area contributed by atoms with Crippen molar-refractivity contribution in [2.75, 3.05) is 0 Å². The SMILES string of the molecule is OCc1cnc2c(Br)nn(C3CCCC3)c2c1. The van der Waals surface area contributed by atoms with Crippen LogP contribution in [0.1, 0.15) is 37.3 Å². The summed E-state index contributed by atoms with van der Waals surface area (Å²) < 4.78 is 2.86. The molecule has 1 aliphatic rings. The fourth-order valence-corrected chi connectivity index (χ4v) is 3.01. The highest BCUT2D eigenvalue weighted by Crippen LogP contribution is 2.33. The molecule has 90 valence electrons. The minimum atomic E-state index is 0.0242. The molecular weight excluding hydrogens is 282 g/mol. The average molecular weight is 296 g/mol. The molecule has 2 heterocycles. The molecule has 4 nitrogen and oxygen atoms in total. The summed E-state index contributed by atoms with van der Waals surface area (Å²) in [6, 6.07) is 2.47. The van der Waals surface area contributed by atoms with Crippen molar-refractivity contribution in [3.8, 4) is 0 Å². The molecule has 0 unspecified atom stereocenters. The number of halogens is 1. The van der Waals surface area contributed by atoms with E-state index in [-0.39, 0.29) is 6.61 Å². The van der Waals surface area contributed by atoms with Crippen LogP contribution < -0.4 is 0 Å². The second kappa shape index (κ2) is 4.38. The predicted octanol–water partition coefficient (Wildman–Crippen LogP) is 2.80. The molecule has 0 aliphatic heterocycles. The molecule has 1 N–H and O–H groups in total. The summed E-state index contributed by atoms with van der Waals surface area (Å²) in [5.41, 5.74) is 2.74. The Morgan fingerprint density at radius 2 is 2.18 bits per heavy atom. The molecule has 2 aromatic heterocycles. The molecule has 0 saturated heterocycles. The lowest BCUT2D eigenvalue weighted by molar-refractivity contribution is 0.281. The zero-order valence-electron chi connectivity index (χ0n) is 9.43. The minimum Gasteiger partial charge on any atom is -0.392 e. The Bertz CT molecular complexity index is 546. The van der Waals surface area contributed by atoms with Crippen LogP contribution >= 0.6 is 15.9 Å². The van der Waals surface area contributed by atoms with Crippen molar-refractivity contribution in [2.24, 2.45) is 0 Å². The zero-order chi connectivity index (χ0) is 11.8. The van der Waals surface area contributed by atoms with Gasteiger partial charge in [-0.15, -0.1) is 0 Å². The first kappa shape index (κ1) is 11.2. The second-order valence-corrected chi connectivity index (χ2v) is 5.29. The van der Waals surface area contributed by atoms with Gasteiger partial charge >= 0.3 is 0 Å². The minimum absolute atomic E-state index is 0.0242. The van der Waals surface area contributed by atoms with Crippen molar-refractivity contribution < 1.29 is 5.11 Å². The maximum absolute atomic E-state index is 9.18. The molecular formula is C12H14BrN3O. The van der Waals surface area contributed by atoms with E-state index < -0.39 is 0 Å². The molecule has 0 spiro atoms. The summed E-state index contributed by atoms with van der Waals surface area (Å²) in [4.78, 5) is 4.35. The normalized spacial score (nSPS) is 17.1. The summed E-state index contributed by atoms with van der Waals surface area (Å²) in [5.74, 6) is 0. The molecule has 1 aliphatic carbocycles. The highest BCUT2D eigenvalue weighted by atomic mass is 79.9. The number of nitrogens with zero attached hydrogens (tertiary/aromatic N) is 3. The maximum Gasteiger partial charge on any atom is 0.154 e. The first-order valence-electron chi connectivity index (χ1n) is 5.93. The smallest absolute Gasteiger partial charge is 0.154 e. The number of fused-ring (bicyclic) bond motifs is 1. The maximum atomic E-state index is 9.18. The number of rotatable bonds is 2. The Morgan fingerprint density at radius 3 is 2.88 bits per heavy atom. The van der Waals surface area contributed by atoms with E-state index in [2.05, 4.69) is 30.7 Å². The van der Waals surface area contributed by atoms with Gasteiger partial charge in [0.15, 0.2) is 4.60 Å². The van der Waals surface area contributed by atoms with Crippen molar-refractivity contribution in [1.82, 2.24) is 14.8 Å².